The van der Waals surface area contributed by atoms with Gasteiger partial charge in [0.05, 0.1) is 4.47 Å². The van der Waals surface area contributed by atoms with Crippen molar-refractivity contribution in [2.75, 3.05) is 11.9 Å². The summed E-state index contributed by atoms with van der Waals surface area (Å²) in [7, 11) is 0. The highest BCUT2D eigenvalue weighted by Gasteiger charge is 2.06. The maximum absolute atomic E-state index is 13.4. The van der Waals surface area contributed by atoms with Gasteiger partial charge in [-0.15, -0.1) is 0 Å². The third kappa shape index (κ3) is 4.60. The van der Waals surface area contributed by atoms with Crippen LogP contribution in [0.25, 0.3) is 0 Å². The average molecular weight is 319 g/mol. The monoisotopic (exact) mass is 318 g/mol. The van der Waals surface area contributed by atoms with E-state index in [0.717, 1.165) is 12.1 Å². The van der Waals surface area contributed by atoms with Gasteiger partial charge < -0.3 is 10.6 Å². The molecule has 5 heteroatoms. The molecular weight excluding hydrogens is 303 g/mol. The lowest BCUT2D eigenvalue weighted by molar-refractivity contribution is 0.620. The van der Waals surface area contributed by atoms with Crippen LogP contribution in [-0.2, 0) is 0 Å². The lowest BCUT2D eigenvalue weighted by Gasteiger charge is -2.14. The number of nitrogens with one attached hydrogen (secondary N) is 2. The molecule has 0 aliphatic rings. The van der Waals surface area contributed by atoms with E-state index in [1.807, 2.05) is 6.92 Å². The van der Waals surface area contributed by atoms with Gasteiger partial charge in [0.15, 0.2) is 5.11 Å². The Hall–Kier alpha value is -0.680. The van der Waals surface area contributed by atoms with Crippen LogP contribution in [-0.4, -0.2) is 11.7 Å². The van der Waals surface area contributed by atoms with Crippen LogP contribution in [0.2, 0.25) is 0 Å². The topological polar surface area (TPSA) is 24.1 Å². The van der Waals surface area contributed by atoms with Gasteiger partial charge in [-0.25, -0.2) is 4.39 Å². The molecule has 0 aliphatic carbocycles. The molecule has 0 amide bonds. The van der Waals surface area contributed by atoms with Gasteiger partial charge in [0.25, 0.3) is 0 Å². The van der Waals surface area contributed by atoms with E-state index in [0.29, 0.717) is 21.2 Å². The average Bonchev–Trinajstić information content (AvgIpc) is 2.23. The molecule has 1 rings (SSSR count). The fourth-order valence-electron chi connectivity index (χ4n) is 1.24. The van der Waals surface area contributed by atoms with Crippen molar-refractivity contribution in [3.8, 4) is 0 Å². The first-order chi connectivity index (χ1) is 7.90. The maximum atomic E-state index is 13.4. The first kappa shape index (κ1) is 14.4. The van der Waals surface area contributed by atoms with Crippen molar-refractivity contribution in [3.05, 3.63) is 28.0 Å². The van der Waals surface area contributed by atoms with Crippen molar-refractivity contribution in [3.63, 3.8) is 0 Å². The number of thiocarbonyl (C=S) groups is 1. The lowest BCUT2D eigenvalue weighted by atomic mass is 10.2. The Morgan fingerprint density at radius 2 is 2.12 bits per heavy atom. The highest BCUT2D eigenvalue weighted by Crippen LogP contribution is 2.23. The Kier molecular flexibility index (Phi) is 5.33. The summed E-state index contributed by atoms with van der Waals surface area (Å²) in [5.41, 5.74) is 1.62. The van der Waals surface area contributed by atoms with Gasteiger partial charge in [-0.1, -0.05) is 13.8 Å². The molecule has 0 spiro atoms. The molecule has 17 heavy (non-hydrogen) atoms. The summed E-state index contributed by atoms with van der Waals surface area (Å²) in [4.78, 5) is 0. The summed E-state index contributed by atoms with van der Waals surface area (Å²) in [6.07, 6.45) is 0. The van der Waals surface area contributed by atoms with Gasteiger partial charge in [-0.05, 0) is 58.7 Å². The minimum absolute atomic E-state index is 0.301. The van der Waals surface area contributed by atoms with Crippen LogP contribution in [0.3, 0.4) is 0 Å². The first-order valence-corrected chi connectivity index (χ1v) is 6.60. The van der Waals surface area contributed by atoms with E-state index in [9.17, 15) is 4.39 Å². The van der Waals surface area contributed by atoms with E-state index in [1.54, 1.807) is 6.07 Å². The zero-order valence-corrected chi connectivity index (χ0v) is 12.5. The van der Waals surface area contributed by atoms with Crippen LogP contribution >= 0.6 is 28.1 Å². The summed E-state index contributed by atoms with van der Waals surface area (Å²) >= 11 is 8.28. The molecule has 0 radical (unpaired) electrons. The van der Waals surface area contributed by atoms with E-state index in [-0.39, 0.29) is 5.82 Å². The molecular formula is C12H16BrFN2S. The van der Waals surface area contributed by atoms with E-state index >= 15 is 0 Å². The largest absolute Gasteiger partial charge is 0.362 e. The molecule has 0 fully saturated rings. The number of hydrogen-bond donors (Lipinski definition) is 2. The van der Waals surface area contributed by atoms with Crippen molar-refractivity contribution in [1.29, 1.82) is 0 Å². The van der Waals surface area contributed by atoms with E-state index in [2.05, 4.69) is 40.4 Å². The number of halogens is 2. The summed E-state index contributed by atoms with van der Waals surface area (Å²) in [5, 5.41) is 6.59. The Morgan fingerprint density at radius 3 is 2.71 bits per heavy atom. The van der Waals surface area contributed by atoms with Crippen molar-refractivity contribution in [1.82, 2.24) is 5.32 Å². The number of benzene rings is 1. The van der Waals surface area contributed by atoms with Crippen LogP contribution in [0.15, 0.2) is 16.6 Å². The smallest absolute Gasteiger partial charge is 0.170 e. The van der Waals surface area contributed by atoms with E-state index < -0.39 is 0 Å². The first-order valence-electron chi connectivity index (χ1n) is 5.40. The molecule has 0 aliphatic heterocycles. The second kappa shape index (κ2) is 6.31. The Balaban J connectivity index is 2.68. The Labute approximate surface area is 115 Å². The second-order valence-corrected chi connectivity index (χ2v) is 5.57. The molecule has 0 unspecified atom stereocenters. The fourth-order valence-corrected chi connectivity index (χ4v) is 1.90. The van der Waals surface area contributed by atoms with Crippen LogP contribution in [0.1, 0.15) is 19.4 Å². The fraction of sp³-hybridized carbons (Fsp3) is 0.417. The van der Waals surface area contributed by atoms with Gasteiger partial charge >= 0.3 is 0 Å². The molecule has 0 saturated carbocycles. The molecule has 2 nitrogen and oxygen atoms in total. The van der Waals surface area contributed by atoms with Gasteiger partial charge in [0.1, 0.15) is 5.82 Å². The molecule has 0 atom stereocenters. The summed E-state index contributed by atoms with van der Waals surface area (Å²) < 4.78 is 13.8. The van der Waals surface area contributed by atoms with Crippen molar-refractivity contribution in [2.45, 2.75) is 20.8 Å². The van der Waals surface area contributed by atoms with E-state index in [1.165, 1.54) is 6.07 Å². The SMILES string of the molecule is Cc1cc(Br)c(F)cc1NC(=S)NCC(C)C. The predicted molar refractivity (Wildman–Crippen MR) is 77.9 cm³/mol. The standard InChI is InChI=1S/C12H16BrFN2S/c1-7(2)6-15-12(17)16-11-5-10(14)9(13)4-8(11)3/h4-5,7H,6H2,1-3H3,(H2,15,16,17). The van der Waals surface area contributed by atoms with Crippen LogP contribution in [0, 0.1) is 18.7 Å². The van der Waals surface area contributed by atoms with Crippen molar-refractivity contribution < 1.29 is 4.39 Å². The highest BCUT2D eigenvalue weighted by atomic mass is 79.9. The molecule has 0 aromatic heterocycles. The molecule has 0 bridgehead atoms. The number of rotatable bonds is 3. The normalized spacial score (nSPS) is 10.5. The molecule has 94 valence electrons. The molecule has 0 heterocycles. The summed E-state index contributed by atoms with van der Waals surface area (Å²) in [6.45, 7) is 6.89. The molecule has 0 saturated heterocycles. The van der Waals surface area contributed by atoms with Gasteiger partial charge in [-0.3, -0.25) is 0 Å². The van der Waals surface area contributed by atoms with E-state index in [4.69, 9.17) is 12.2 Å². The summed E-state index contributed by atoms with van der Waals surface area (Å²) in [6, 6.07) is 3.16. The minimum Gasteiger partial charge on any atom is -0.362 e. The molecule has 2 N–H and O–H groups in total. The zero-order chi connectivity index (χ0) is 13.0. The van der Waals surface area contributed by atoms with Crippen LogP contribution in [0.4, 0.5) is 10.1 Å². The summed E-state index contributed by atoms with van der Waals surface area (Å²) in [5.74, 6) is 0.210. The molecule has 1 aromatic carbocycles. The third-order valence-corrected chi connectivity index (χ3v) is 3.04. The minimum atomic E-state index is -0.301. The van der Waals surface area contributed by atoms with Gasteiger partial charge in [0.2, 0.25) is 0 Å². The zero-order valence-electron chi connectivity index (χ0n) is 10.1. The number of aryl methyl sites for hydroxylation is 1. The second-order valence-electron chi connectivity index (χ2n) is 4.31. The Bertz CT molecular complexity index is 421. The van der Waals surface area contributed by atoms with Crippen molar-refractivity contribution >= 4 is 38.9 Å². The number of hydrogen-bond acceptors (Lipinski definition) is 1. The number of anilines is 1. The predicted octanol–water partition coefficient (Wildman–Crippen LogP) is 3.84. The van der Waals surface area contributed by atoms with Crippen LogP contribution in [0.5, 0.6) is 0 Å². The van der Waals surface area contributed by atoms with Gasteiger partial charge in [-0.2, -0.15) is 0 Å². The highest BCUT2D eigenvalue weighted by molar-refractivity contribution is 9.10. The lowest BCUT2D eigenvalue weighted by Crippen LogP contribution is -2.31. The quantitative estimate of drug-likeness (QED) is 0.828. The third-order valence-electron chi connectivity index (χ3n) is 2.19. The van der Waals surface area contributed by atoms with Crippen molar-refractivity contribution in [2.24, 2.45) is 5.92 Å². The van der Waals surface area contributed by atoms with Crippen LogP contribution < -0.4 is 10.6 Å². The maximum Gasteiger partial charge on any atom is 0.170 e. The van der Waals surface area contributed by atoms with Gasteiger partial charge in [0, 0.05) is 12.2 Å². The molecule has 1 aromatic rings. The Morgan fingerprint density at radius 1 is 1.47 bits per heavy atom.